The highest BCUT2D eigenvalue weighted by atomic mass is 35.5. The molecule has 0 unspecified atom stereocenters. The van der Waals surface area contributed by atoms with E-state index in [9.17, 15) is 18.0 Å². The van der Waals surface area contributed by atoms with Crippen LogP contribution < -0.4 is 0 Å². The lowest BCUT2D eigenvalue weighted by Crippen LogP contribution is -2.51. The Bertz CT molecular complexity index is 1340. The third kappa shape index (κ3) is 6.01. The van der Waals surface area contributed by atoms with E-state index in [4.69, 9.17) is 23.2 Å². The quantitative estimate of drug-likeness (QED) is 0.263. The Morgan fingerprint density at radius 3 is 2.31 bits per heavy atom. The molecule has 3 heterocycles. The third-order valence-corrected chi connectivity index (χ3v) is 8.29. The van der Waals surface area contributed by atoms with Crippen molar-refractivity contribution in [1.29, 1.82) is 0 Å². The average molecular weight is 579 g/mol. The van der Waals surface area contributed by atoms with E-state index in [-0.39, 0.29) is 12.3 Å². The summed E-state index contributed by atoms with van der Waals surface area (Å²) in [4.78, 5) is 13.9. The maximum Gasteiger partial charge on any atom is 0.389 e. The molecule has 1 fully saturated rings. The second-order valence-corrected chi connectivity index (χ2v) is 11.3. The number of carbonyl (C=O) groups is 1. The molecule has 0 spiro atoms. The van der Waals surface area contributed by atoms with Crippen molar-refractivity contribution in [3.63, 3.8) is 0 Å². The van der Waals surface area contributed by atoms with Crippen molar-refractivity contribution in [2.24, 2.45) is 0 Å². The minimum atomic E-state index is -4.12. The lowest BCUT2D eigenvalue weighted by Gasteiger charge is -2.39. The Balaban J connectivity index is 1.52. The van der Waals surface area contributed by atoms with Crippen molar-refractivity contribution in [2.45, 2.75) is 64.5 Å². The first-order chi connectivity index (χ1) is 18.6. The van der Waals surface area contributed by atoms with Gasteiger partial charge in [0.15, 0.2) is 0 Å². The number of hydrogen-bond acceptors (Lipinski definition) is 2. The normalized spacial score (nSPS) is 16.6. The van der Waals surface area contributed by atoms with Crippen LogP contribution in [-0.4, -0.2) is 46.3 Å². The lowest BCUT2D eigenvalue weighted by molar-refractivity contribution is -0.135. The van der Waals surface area contributed by atoms with E-state index in [0.29, 0.717) is 41.4 Å². The number of unbranched alkanes of at least 4 members (excludes halogenated alkanes) is 1. The number of hydrazine groups is 1. The standard InChI is InChI=1S/C30H32Cl2F3N3O/c1-20-27-26(14-18-37(29(27)39)36-16-5-2-6-17-36)38(25-13-12-23(31)19-24(25)32)28(20)22-10-8-21(9-11-22)7-3-4-15-30(33,34)35/h8-13,19H,2-7,14-18H2,1H3. The molecule has 0 atom stereocenters. The van der Waals surface area contributed by atoms with Crippen molar-refractivity contribution >= 4 is 29.1 Å². The molecule has 1 saturated heterocycles. The summed E-state index contributed by atoms with van der Waals surface area (Å²) in [5.74, 6) is 0.0158. The van der Waals surface area contributed by atoms with Gasteiger partial charge in [-0.1, -0.05) is 53.9 Å². The molecule has 208 valence electrons. The van der Waals surface area contributed by atoms with Gasteiger partial charge in [-0.25, -0.2) is 5.01 Å². The fraction of sp³-hybridized carbons (Fsp3) is 0.433. The van der Waals surface area contributed by atoms with Gasteiger partial charge in [-0.05, 0) is 73.9 Å². The first-order valence-corrected chi connectivity index (χ1v) is 14.3. The molecule has 0 radical (unpaired) electrons. The molecular formula is C30H32Cl2F3N3O. The number of aryl methyl sites for hydroxylation is 1. The van der Waals surface area contributed by atoms with Gasteiger partial charge >= 0.3 is 6.18 Å². The Morgan fingerprint density at radius 2 is 1.64 bits per heavy atom. The van der Waals surface area contributed by atoms with E-state index < -0.39 is 12.6 Å². The highest BCUT2D eigenvalue weighted by Gasteiger charge is 2.36. The van der Waals surface area contributed by atoms with Crippen molar-refractivity contribution in [3.05, 3.63) is 74.9 Å². The fourth-order valence-corrected chi connectivity index (χ4v) is 6.35. The second kappa shape index (κ2) is 11.6. The summed E-state index contributed by atoms with van der Waals surface area (Å²) >= 11 is 12.9. The van der Waals surface area contributed by atoms with Crippen molar-refractivity contribution in [3.8, 4) is 16.9 Å². The predicted molar refractivity (Wildman–Crippen MR) is 150 cm³/mol. The molecule has 0 N–H and O–H groups in total. The van der Waals surface area contributed by atoms with Gasteiger partial charge in [0.25, 0.3) is 5.91 Å². The van der Waals surface area contributed by atoms with E-state index in [0.717, 1.165) is 59.7 Å². The van der Waals surface area contributed by atoms with Gasteiger partial charge in [-0.2, -0.15) is 13.2 Å². The molecule has 2 aliphatic heterocycles. The maximum atomic E-state index is 13.9. The molecule has 5 rings (SSSR count). The van der Waals surface area contributed by atoms with Gasteiger partial charge in [0, 0.05) is 43.2 Å². The Morgan fingerprint density at radius 1 is 0.923 bits per heavy atom. The van der Waals surface area contributed by atoms with E-state index in [1.807, 2.05) is 42.3 Å². The monoisotopic (exact) mass is 577 g/mol. The first kappa shape index (κ1) is 28.1. The molecule has 2 aliphatic rings. The number of carbonyl (C=O) groups excluding carboxylic acids is 1. The molecule has 1 amide bonds. The zero-order valence-corrected chi connectivity index (χ0v) is 23.5. The minimum Gasteiger partial charge on any atom is -0.311 e. The summed E-state index contributed by atoms with van der Waals surface area (Å²) in [6.07, 6.45) is 0.359. The number of halogens is 5. The van der Waals surface area contributed by atoms with Crippen LogP contribution in [0.15, 0.2) is 42.5 Å². The van der Waals surface area contributed by atoms with E-state index in [1.165, 1.54) is 6.42 Å². The highest BCUT2D eigenvalue weighted by molar-refractivity contribution is 6.35. The van der Waals surface area contributed by atoms with Crippen molar-refractivity contribution < 1.29 is 18.0 Å². The van der Waals surface area contributed by atoms with Gasteiger partial charge in [-0.15, -0.1) is 0 Å². The van der Waals surface area contributed by atoms with Crippen LogP contribution in [0.1, 0.15) is 65.7 Å². The molecule has 2 aromatic carbocycles. The van der Waals surface area contributed by atoms with Crippen LogP contribution in [0.5, 0.6) is 0 Å². The number of amides is 1. The van der Waals surface area contributed by atoms with Gasteiger partial charge in [0.05, 0.1) is 22.0 Å². The minimum absolute atomic E-state index is 0.0158. The number of nitrogens with zero attached hydrogens (tertiary/aromatic N) is 3. The number of piperidine rings is 1. The molecule has 0 saturated carbocycles. The van der Waals surface area contributed by atoms with E-state index >= 15 is 0 Å². The lowest BCUT2D eigenvalue weighted by atomic mass is 9.99. The number of aromatic nitrogens is 1. The number of rotatable bonds is 7. The Kier molecular flexibility index (Phi) is 8.32. The largest absolute Gasteiger partial charge is 0.389 e. The molecule has 0 bridgehead atoms. The summed E-state index contributed by atoms with van der Waals surface area (Å²) in [7, 11) is 0. The summed E-state index contributed by atoms with van der Waals surface area (Å²) in [6, 6.07) is 13.3. The van der Waals surface area contributed by atoms with Crippen LogP contribution in [-0.2, 0) is 12.8 Å². The summed E-state index contributed by atoms with van der Waals surface area (Å²) in [5.41, 5.74) is 6.09. The van der Waals surface area contributed by atoms with Crippen molar-refractivity contribution in [2.75, 3.05) is 19.6 Å². The van der Waals surface area contributed by atoms with Gasteiger partial charge in [-0.3, -0.25) is 9.80 Å². The molecule has 0 aliphatic carbocycles. The molecule has 9 heteroatoms. The van der Waals surface area contributed by atoms with Crippen LogP contribution >= 0.6 is 23.2 Å². The Hall–Kier alpha value is -2.48. The van der Waals surface area contributed by atoms with Crippen molar-refractivity contribution in [1.82, 2.24) is 14.6 Å². The number of hydrogen-bond donors (Lipinski definition) is 0. The van der Waals surface area contributed by atoms with Crippen LogP contribution in [0.2, 0.25) is 10.0 Å². The topological polar surface area (TPSA) is 28.5 Å². The predicted octanol–water partition coefficient (Wildman–Crippen LogP) is 8.43. The zero-order chi connectivity index (χ0) is 27.7. The number of fused-ring (bicyclic) bond motifs is 1. The second-order valence-electron chi connectivity index (χ2n) is 10.4. The highest BCUT2D eigenvalue weighted by Crippen LogP contribution is 2.40. The molecular weight excluding hydrogens is 546 g/mol. The molecule has 39 heavy (non-hydrogen) atoms. The summed E-state index contributed by atoms with van der Waals surface area (Å²) in [5, 5.41) is 5.13. The number of benzene rings is 2. The van der Waals surface area contributed by atoms with Crippen LogP contribution in [0.4, 0.5) is 13.2 Å². The molecule has 3 aromatic rings. The zero-order valence-electron chi connectivity index (χ0n) is 22.0. The van der Waals surface area contributed by atoms with Gasteiger partial charge < -0.3 is 4.57 Å². The molecule has 4 nitrogen and oxygen atoms in total. The van der Waals surface area contributed by atoms with Crippen LogP contribution in [0.3, 0.4) is 0 Å². The Labute approximate surface area is 237 Å². The van der Waals surface area contributed by atoms with Crippen LogP contribution in [0.25, 0.3) is 16.9 Å². The van der Waals surface area contributed by atoms with Gasteiger partial charge in [0.2, 0.25) is 0 Å². The van der Waals surface area contributed by atoms with Gasteiger partial charge in [0.1, 0.15) is 0 Å². The SMILES string of the molecule is Cc1c2c(n(-c3ccc(Cl)cc3Cl)c1-c1ccc(CCCCC(F)(F)F)cc1)CCN(N1CCCCC1)C2=O. The first-order valence-electron chi connectivity index (χ1n) is 13.6. The van der Waals surface area contributed by atoms with E-state index in [2.05, 4.69) is 9.58 Å². The van der Waals surface area contributed by atoms with Crippen LogP contribution in [0, 0.1) is 6.92 Å². The van der Waals surface area contributed by atoms with E-state index in [1.54, 1.807) is 12.1 Å². The third-order valence-electron chi connectivity index (χ3n) is 7.75. The summed E-state index contributed by atoms with van der Waals surface area (Å²) < 4.78 is 39.6. The molecule has 1 aromatic heterocycles. The smallest absolute Gasteiger partial charge is 0.311 e. The average Bonchev–Trinajstić information content (AvgIpc) is 3.20. The fourth-order valence-electron chi connectivity index (χ4n) is 5.86. The maximum absolute atomic E-state index is 13.9. The summed E-state index contributed by atoms with van der Waals surface area (Å²) in [6.45, 7) is 4.37. The number of alkyl halides is 3.